The molecule has 0 spiro atoms. The monoisotopic (exact) mass is 407 g/mol. The van der Waals surface area contributed by atoms with E-state index in [4.69, 9.17) is 0 Å². The van der Waals surface area contributed by atoms with Gasteiger partial charge in [-0.3, -0.25) is 19.3 Å². The van der Waals surface area contributed by atoms with Crippen LogP contribution in [0.4, 0.5) is 0 Å². The lowest BCUT2D eigenvalue weighted by Gasteiger charge is -2.21. The van der Waals surface area contributed by atoms with E-state index in [9.17, 15) is 14.4 Å². The first-order valence-electron chi connectivity index (χ1n) is 8.59. The minimum atomic E-state index is -0.273. The Morgan fingerprint density at radius 3 is 2.64 bits per heavy atom. The molecule has 2 aliphatic rings. The molecule has 0 bridgehead atoms. The molecule has 1 aromatic carbocycles. The zero-order valence-corrected chi connectivity index (χ0v) is 15.9. The first-order valence-corrected chi connectivity index (χ1v) is 9.39. The highest BCUT2D eigenvalue weighted by molar-refractivity contribution is 9.10. The summed E-state index contributed by atoms with van der Waals surface area (Å²) in [7, 11) is 2.06. The third-order valence-corrected chi connectivity index (χ3v) is 5.27. The van der Waals surface area contributed by atoms with Crippen LogP contribution in [0.25, 0.3) is 0 Å². The van der Waals surface area contributed by atoms with Crippen LogP contribution in [0, 0.1) is 0 Å². The predicted molar refractivity (Wildman–Crippen MR) is 97.4 cm³/mol. The molecule has 2 heterocycles. The maximum atomic E-state index is 12.4. The van der Waals surface area contributed by atoms with Gasteiger partial charge in [0.1, 0.15) is 0 Å². The maximum absolute atomic E-state index is 12.4. The van der Waals surface area contributed by atoms with Crippen LogP contribution in [0.3, 0.4) is 0 Å². The van der Waals surface area contributed by atoms with Crippen molar-refractivity contribution in [2.24, 2.45) is 0 Å². The number of carbonyl (C=O) groups excluding carboxylic acids is 3. The van der Waals surface area contributed by atoms with Gasteiger partial charge in [-0.2, -0.15) is 0 Å². The summed E-state index contributed by atoms with van der Waals surface area (Å²) in [4.78, 5) is 42.5. The van der Waals surface area contributed by atoms with Gasteiger partial charge < -0.3 is 9.80 Å². The first-order chi connectivity index (χ1) is 12.0. The van der Waals surface area contributed by atoms with E-state index in [-0.39, 0.29) is 24.3 Å². The van der Waals surface area contributed by atoms with Crippen LogP contribution in [0.2, 0.25) is 0 Å². The van der Waals surface area contributed by atoms with Crippen molar-refractivity contribution >= 4 is 33.7 Å². The summed E-state index contributed by atoms with van der Waals surface area (Å²) in [5, 5.41) is 0. The molecule has 1 aromatic rings. The Morgan fingerprint density at radius 2 is 1.84 bits per heavy atom. The Labute approximate surface area is 155 Å². The number of hydrogen-bond donors (Lipinski definition) is 0. The molecule has 134 valence electrons. The molecule has 3 rings (SSSR count). The van der Waals surface area contributed by atoms with Crippen LogP contribution >= 0.6 is 15.9 Å². The third kappa shape index (κ3) is 3.93. The van der Waals surface area contributed by atoms with E-state index >= 15 is 0 Å². The Bertz CT molecular complexity index is 707. The van der Waals surface area contributed by atoms with Crippen molar-refractivity contribution < 1.29 is 14.4 Å². The van der Waals surface area contributed by atoms with E-state index in [2.05, 4.69) is 27.9 Å². The molecule has 0 unspecified atom stereocenters. The molecule has 0 aromatic heterocycles. The molecular weight excluding hydrogens is 386 g/mol. The number of benzene rings is 1. The zero-order chi connectivity index (χ0) is 18.0. The lowest BCUT2D eigenvalue weighted by molar-refractivity contribution is -0.131. The van der Waals surface area contributed by atoms with Gasteiger partial charge in [0.2, 0.25) is 5.91 Å². The van der Waals surface area contributed by atoms with Crippen LogP contribution in [-0.4, -0.2) is 72.2 Å². The second-order valence-electron chi connectivity index (χ2n) is 6.59. The summed E-state index contributed by atoms with van der Waals surface area (Å²) in [5.41, 5.74) is 0.872. The molecule has 3 amide bonds. The number of rotatable bonds is 4. The van der Waals surface area contributed by atoms with Crippen LogP contribution in [0.5, 0.6) is 0 Å². The van der Waals surface area contributed by atoms with Gasteiger partial charge in [-0.1, -0.05) is 15.9 Å². The van der Waals surface area contributed by atoms with Crippen molar-refractivity contribution in [1.82, 2.24) is 14.7 Å². The average Bonchev–Trinajstić information content (AvgIpc) is 2.74. The van der Waals surface area contributed by atoms with Crippen LogP contribution in [0.1, 0.15) is 40.0 Å². The molecule has 25 heavy (non-hydrogen) atoms. The number of imide groups is 1. The fourth-order valence-corrected chi connectivity index (χ4v) is 3.67. The molecule has 0 N–H and O–H groups in total. The Balaban J connectivity index is 1.53. The largest absolute Gasteiger partial charge is 0.341 e. The quantitative estimate of drug-likeness (QED) is 0.716. The van der Waals surface area contributed by atoms with Crippen LogP contribution < -0.4 is 0 Å². The third-order valence-electron chi connectivity index (χ3n) is 4.78. The van der Waals surface area contributed by atoms with Crippen LogP contribution in [0.15, 0.2) is 22.7 Å². The van der Waals surface area contributed by atoms with Crippen molar-refractivity contribution in [3.63, 3.8) is 0 Å². The van der Waals surface area contributed by atoms with Crippen molar-refractivity contribution in [3.8, 4) is 0 Å². The second kappa shape index (κ2) is 7.66. The molecule has 7 heteroatoms. The summed E-state index contributed by atoms with van der Waals surface area (Å²) in [5.74, 6) is -0.434. The highest BCUT2D eigenvalue weighted by Crippen LogP contribution is 2.26. The van der Waals surface area contributed by atoms with Crippen molar-refractivity contribution in [3.05, 3.63) is 33.8 Å². The molecule has 0 saturated carbocycles. The lowest BCUT2D eigenvalue weighted by Crippen LogP contribution is -2.35. The second-order valence-corrected chi connectivity index (χ2v) is 7.51. The van der Waals surface area contributed by atoms with Gasteiger partial charge in [-0.25, -0.2) is 0 Å². The fourth-order valence-electron chi connectivity index (χ4n) is 3.31. The lowest BCUT2D eigenvalue weighted by atomic mass is 10.1. The van der Waals surface area contributed by atoms with E-state index < -0.39 is 0 Å². The number of carbonyl (C=O) groups is 3. The van der Waals surface area contributed by atoms with Gasteiger partial charge in [0.15, 0.2) is 0 Å². The number of amides is 3. The minimum Gasteiger partial charge on any atom is -0.341 e. The van der Waals surface area contributed by atoms with E-state index in [0.29, 0.717) is 24.0 Å². The van der Waals surface area contributed by atoms with Gasteiger partial charge in [0.25, 0.3) is 11.8 Å². The molecular formula is C18H22BrN3O3. The van der Waals surface area contributed by atoms with E-state index in [1.165, 1.54) is 4.90 Å². The molecule has 1 fully saturated rings. The number of fused-ring (bicyclic) bond motifs is 1. The smallest absolute Gasteiger partial charge is 0.261 e. The topological polar surface area (TPSA) is 60.9 Å². The van der Waals surface area contributed by atoms with Crippen molar-refractivity contribution in [2.45, 2.75) is 19.3 Å². The molecule has 1 saturated heterocycles. The summed E-state index contributed by atoms with van der Waals surface area (Å²) in [6, 6.07) is 5.10. The molecule has 6 nitrogen and oxygen atoms in total. The number of nitrogens with zero attached hydrogens (tertiary/aromatic N) is 3. The zero-order valence-electron chi connectivity index (χ0n) is 14.3. The summed E-state index contributed by atoms with van der Waals surface area (Å²) in [6.07, 6.45) is 1.84. The van der Waals surface area contributed by atoms with E-state index in [1.807, 2.05) is 4.90 Å². The summed E-state index contributed by atoms with van der Waals surface area (Å²) >= 11 is 3.32. The number of halogens is 1. The van der Waals surface area contributed by atoms with Gasteiger partial charge in [-0.05, 0) is 44.6 Å². The van der Waals surface area contributed by atoms with Gasteiger partial charge in [0.05, 0.1) is 11.1 Å². The first kappa shape index (κ1) is 18.1. The van der Waals surface area contributed by atoms with E-state index in [0.717, 1.165) is 37.1 Å². The van der Waals surface area contributed by atoms with Crippen molar-refractivity contribution in [1.29, 1.82) is 0 Å². The number of likely N-dealkylation sites (N-methyl/N-ethyl adjacent to an activating group) is 1. The predicted octanol–water partition coefficient (Wildman–Crippen LogP) is 1.99. The highest BCUT2D eigenvalue weighted by atomic mass is 79.9. The summed E-state index contributed by atoms with van der Waals surface area (Å²) < 4.78 is 0.774. The van der Waals surface area contributed by atoms with Crippen LogP contribution in [-0.2, 0) is 4.79 Å². The highest BCUT2D eigenvalue weighted by Gasteiger charge is 2.35. The SMILES string of the molecule is CN1CCCN(C(=O)CCCN2C(=O)c3ccc(Br)cc3C2=O)CC1. The maximum Gasteiger partial charge on any atom is 0.261 e. The molecule has 2 aliphatic heterocycles. The number of hydrogen-bond acceptors (Lipinski definition) is 4. The van der Waals surface area contributed by atoms with E-state index in [1.54, 1.807) is 18.2 Å². The minimum absolute atomic E-state index is 0.106. The van der Waals surface area contributed by atoms with Gasteiger partial charge >= 0.3 is 0 Å². The van der Waals surface area contributed by atoms with Crippen molar-refractivity contribution in [2.75, 3.05) is 39.8 Å². The Hall–Kier alpha value is -1.73. The Morgan fingerprint density at radius 1 is 1.08 bits per heavy atom. The van der Waals surface area contributed by atoms with Gasteiger partial charge in [-0.15, -0.1) is 0 Å². The Kier molecular flexibility index (Phi) is 5.54. The van der Waals surface area contributed by atoms with Gasteiger partial charge in [0, 0.05) is 37.1 Å². The molecule has 0 radical (unpaired) electrons. The fraction of sp³-hybridized carbons (Fsp3) is 0.500. The average molecular weight is 408 g/mol. The molecule has 0 atom stereocenters. The summed E-state index contributed by atoms with van der Waals surface area (Å²) in [6.45, 7) is 3.71. The standard InChI is InChI=1S/C18H22BrN3O3/c1-20-7-3-8-21(11-10-20)16(23)4-2-9-22-17(24)14-6-5-13(19)12-15(14)18(22)25/h5-6,12H,2-4,7-11H2,1H3. The normalized spacial score (nSPS) is 18.5. The molecule has 0 aliphatic carbocycles.